The molecule has 2 heterocycles. The number of aromatic nitrogens is 3. The summed E-state index contributed by atoms with van der Waals surface area (Å²) in [5, 5.41) is 5.26. The molecule has 0 aliphatic heterocycles. The molecule has 0 spiro atoms. The summed E-state index contributed by atoms with van der Waals surface area (Å²) in [5.41, 5.74) is 5.59. The summed E-state index contributed by atoms with van der Waals surface area (Å²) < 4.78 is 0. The molecule has 0 radical (unpaired) electrons. The number of benzene rings is 1. The molecular formula is C17H17N5OS. The molecule has 122 valence electrons. The Hall–Kier alpha value is -2.67. The van der Waals surface area contributed by atoms with E-state index in [1.54, 1.807) is 54.6 Å². The summed E-state index contributed by atoms with van der Waals surface area (Å²) in [6, 6.07) is 8.96. The Kier molecular flexibility index (Phi) is 4.90. The van der Waals surface area contributed by atoms with Crippen LogP contribution in [-0.4, -0.2) is 32.3 Å². The number of imidazole rings is 1. The van der Waals surface area contributed by atoms with Crippen molar-refractivity contribution in [3.8, 4) is 0 Å². The predicted molar refractivity (Wildman–Crippen MR) is 96.4 cm³/mol. The summed E-state index contributed by atoms with van der Waals surface area (Å²) in [6.07, 6.45) is 4.91. The number of carbonyl (C=O) groups excluding carboxylic acids is 1. The highest BCUT2D eigenvalue weighted by Crippen LogP contribution is 2.23. The SMILES string of the molecule is CC(C)Sc1nc2ccc(C(=O)N/N=C\c3ccncc3)cc2[nH]1. The van der Waals surface area contributed by atoms with Gasteiger partial charge in [-0.1, -0.05) is 25.6 Å². The fourth-order valence-corrected chi connectivity index (χ4v) is 2.85. The minimum Gasteiger partial charge on any atom is -0.333 e. The molecule has 0 atom stereocenters. The molecule has 0 fully saturated rings. The van der Waals surface area contributed by atoms with Crippen molar-refractivity contribution in [1.82, 2.24) is 20.4 Å². The second-order valence-corrected chi connectivity index (χ2v) is 6.99. The highest BCUT2D eigenvalue weighted by molar-refractivity contribution is 7.99. The van der Waals surface area contributed by atoms with Crippen LogP contribution < -0.4 is 5.43 Å². The summed E-state index contributed by atoms with van der Waals surface area (Å²) in [5.74, 6) is -0.269. The monoisotopic (exact) mass is 339 g/mol. The van der Waals surface area contributed by atoms with Crippen molar-refractivity contribution in [3.05, 3.63) is 53.9 Å². The largest absolute Gasteiger partial charge is 0.333 e. The molecule has 1 aromatic carbocycles. The number of thioether (sulfide) groups is 1. The minimum absolute atomic E-state index is 0.269. The Morgan fingerprint density at radius 3 is 2.83 bits per heavy atom. The third-order valence-electron chi connectivity index (χ3n) is 3.16. The summed E-state index contributed by atoms with van der Waals surface area (Å²) >= 11 is 1.65. The lowest BCUT2D eigenvalue weighted by Crippen LogP contribution is -2.17. The van der Waals surface area contributed by atoms with Crippen LogP contribution in [0, 0.1) is 0 Å². The maximum atomic E-state index is 12.2. The normalized spacial score (nSPS) is 11.5. The molecule has 2 aromatic heterocycles. The Bertz CT molecular complexity index is 873. The molecule has 1 amide bonds. The van der Waals surface area contributed by atoms with Gasteiger partial charge in [0.05, 0.1) is 17.2 Å². The number of aromatic amines is 1. The van der Waals surface area contributed by atoms with Crippen LogP contribution in [0.25, 0.3) is 11.0 Å². The van der Waals surface area contributed by atoms with Crippen molar-refractivity contribution in [3.63, 3.8) is 0 Å². The number of rotatable bonds is 5. The fourth-order valence-electron chi connectivity index (χ4n) is 2.09. The van der Waals surface area contributed by atoms with Gasteiger partial charge in [-0.2, -0.15) is 5.10 Å². The third kappa shape index (κ3) is 3.99. The van der Waals surface area contributed by atoms with Gasteiger partial charge >= 0.3 is 0 Å². The first-order valence-corrected chi connectivity index (χ1v) is 8.39. The van der Waals surface area contributed by atoms with Crippen LogP contribution in [0.5, 0.6) is 0 Å². The third-order valence-corrected chi connectivity index (χ3v) is 4.04. The zero-order chi connectivity index (χ0) is 16.9. The molecule has 0 saturated heterocycles. The molecule has 0 aliphatic carbocycles. The van der Waals surface area contributed by atoms with E-state index < -0.39 is 0 Å². The number of hydrogen-bond acceptors (Lipinski definition) is 5. The second kappa shape index (κ2) is 7.27. The van der Waals surface area contributed by atoms with Crippen molar-refractivity contribution in [2.75, 3.05) is 0 Å². The molecule has 24 heavy (non-hydrogen) atoms. The Balaban J connectivity index is 1.71. The lowest BCUT2D eigenvalue weighted by atomic mass is 10.2. The molecule has 3 aromatic rings. The van der Waals surface area contributed by atoms with Gasteiger partial charge < -0.3 is 4.98 Å². The number of pyridine rings is 1. The molecule has 3 rings (SSSR count). The Labute approximate surface area is 143 Å². The van der Waals surface area contributed by atoms with Crippen LogP contribution in [0.1, 0.15) is 29.8 Å². The zero-order valence-corrected chi connectivity index (χ0v) is 14.2. The molecule has 6 nitrogen and oxygen atoms in total. The average Bonchev–Trinajstić information content (AvgIpc) is 2.96. The summed E-state index contributed by atoms with van der Waals surface area (Å²) in [7, 11) is 0. The molecule has 0 unspecified atom stereocenters. The van der Waals surface area contributed by atoms with Crippen LogP contribution in [0.15, 0.2) is 53.0 Å². The number of nitrogens with one attached hydrogen (secondary N) is 2. The van der Waals surface area contributed by atoms with E-state index in [1.165, 1.54) is 0 Å². The highest BCUT2D eigenvalue weighted by Gasteiger charge is 2.09. The molecule has 2 N–H and O–H groups in total. The van der Waals surface area contributed by atoms with E-state index >= 15 is 0 Å². The lowest BCUT2D eigenvalue weighted by molar-refractivity contribution is 0.0955. The van der Waals surface area contributed by atoms with Gasteiger partial charge in [0.25, 0.3) is 5.91 Å². The van der Waals surface area contributed by atoms with E-state index in [-0.39, 0.29) is 5.91 Å². The number of hydrogen-bond donors (Lipinski definition) is 2. The quantitative estimate of drug-likeness (QED) is 0.425. The van der Waals surface area contributed by atoms with Crippen molar-refractivity contribution < 1.29 is 4.79 Å². The van der Waals surface area contributed by atoms with Gasteiger partial charge in [0, 0.05) is 23.2 Å². The standard InChI is InChI=1S/C17H17N5OS/c1-11(2)24-17-20-14-4-3-13(9-15(14)21-17)16(23)22-19-10-12-5-7-18-8-6-12/h3-11H,1-2H3,(H,20,21)(H,22,23)/b19-10-. The van der Waals surface area contributed by atoms with Crippen LogP contribution in [0.2, 0.25) is 0 Å². The molecule has 0 aliphatic rings. The van der Waals surface area contributed by atoms with E-state index in [2.05, 4.69) is 39.3 Å². The van der Waals surface area contributed by atoms with Crippen LogP contribution in [0.3, 0.4) is 0 Å². The number of hydrazone groups is 1. The Morgan fingerprint density at radius 1 is 1.29 bits per heavy atom. The second-order valence-electron chi connectivity index (χ2n) is 5.42. The first-order chi connectivity index (χ1) is 11.6. The Morgan fingerprint density at radius 2 is 2.08 bits per heavy atom. The lowest BCUT2D eigenvalue weighted by Gasteiger charge is -1.99. The average molecular weight is 339 g/mol. The van der Waals surface area contributed by atoms with Gasteiger partial charge in [-0.3, -0.25) is 9.78 Å². The molecule has 0 bridgehead atoms. The van der Waals surface area contributed by atoms with Crippen molar-refractivity contribution >= 4 is 34.9 Å². The van der Waals surface area contributed by atoms with E-state index in [4.69, 9.17) is 0 Å². The maximum absolute atomic E-state index is 12.2. The van der Waals surface area contributed by atoms with Crippen LogP contribution >= 0.6 is 11.8 Å². The van der Waals surface area contributed by atoms with Crippen LogP contribution in [0.4, 0.5) is 0 Å². The van der Waals surface area contributed by atoms with Gasteiger partial charge in [0.2, 0.25) is 0 Å². The van der Waals surface area contributed by atoms with Crippen molar-refractivity contribution in [2.24, 2.45) is 5.10 Å². The van der Waals surface area contributed by atoms with Gasteiger partial charge in [0.1, 0.15) is 0 Å². The minimum atomic E-state index is -0.269. The summed E-state index contributed by atoms with van der Waals surface area (Å²) in [6.45, 7) is 4.22. The maximum Gasteiger partial charge on any atom is 0.271 e. The zero-order valence-electron chi connectivity index (χ0n) is 13.4. The van der Waals surface area contributed by atoms with Crippen molar-refractivity contribution in [1.29, 1.82) is 0 Å². The van der Waals surface area contributed by atoms with E-state index in [9.17, 15) is 4.79 Å². The van der Waals surface area contributed by atoms with E-state index in [0.717, 1.165) is 21.8 Å². The first kappa shape index (κ1) is 16.2. The van der Waals surface area contributed by atoms with Crippen molar-refractivity contribution in [2.45, 2.75) is 24.3 Å². The number of carbonyl (C=O) groups is 1. The van der Waals surface area contributed by atoms with Gasteiger partial charge in [-0.25, -0.2) is 10.4 Å². The summed E-state index contributed by atoms with van der Waals surface area (Å²) in [4.78, 5) is 23.8. The van der Waals surface area contributed by atoms with Gasteiger partial charge in [-0.05, 0) is 35.9 Å². The number of nitrogens with zero attached hydrogens (tertiary/aromatic N) is 3. The van der Waals surface area contributed by atoms with Gasteiger partial charge in [-0.15, -0.1) is 0 Å². The number of amides is 1. The first-order valence-electron chi connectivity index (χ1n) is 7.51. The smallest absolute Gasteiger partial charge is 0.271 e. The van der Waals surface area contributed by atoms with E-state index in [1.807, 2.05) is 6.07 Å². The van der Waals surface area contributed by atoms with E-state index in [0.29, 0.717) is 10.8 Å². The molecule has 0 saturated carbocycles. The molecular weight excluding hydrogens is 322 g/mol. The number of fused-ring (bicyclic) bond motifs is 1. The number of H-pyrrole nitrogens is 1. The molecule has 7 heteroatoms. The predicted octanol–water partition coefficient (Wildman–Crippen LogP) is 3.22. The highest BCUT2D eigenvalue weighted by atomic mass is 32.2. The van der Waals surface area contributed by atoms with Crippen LogP contribution in [-0.2, 0) is 0 Å². The van der Waals surface area contributed by atoms with Gasteiger partial charge in [0.15, 0.2) is 5.16 Å². The fraction of sp³-hybridized carbons (Fsp3) is 0.176. The topological polar surface area (TPSA) is 83.0 Å².